The van der Waals surface area contributed by atoms with E-state index in [9.17, 15) is 0 Å². The average Bonchev–Trinajstić information content (AvgIpc) is 3.19. The first-order valence-corrected chi connectivity index (χ1v) is 9.00. The lowest BCUT2D eigenvalue weighted by Crippen LogP contribution is -2.38. The summed E-state index contributed by atoms with van der Waals surface area (Å²) < 4.78 is 2.77. The van der Waals surface area contributed by atoms with Gasteiger partial charge in [-0.15, -0.1) is 45.5 Å². The number of fused-ring (bicyclic) bond motifs is 1. The quantitative estimate of drug-likeness (QED) is 0.316. The molecule has 9 heteroatoms. The van der Waals surface area contributed by atoms with Crippen molar-refractivity contribution in [1.29, 1.82) is 0 Å². The summed E-state index contributed by atoms with van der Waals surface area (Å²) in [4.78, 5) is 5.85. The maximum atomic E-state index is 5.95. The van der Waals surface area contributed by atoms with Crippen LogP contribution in [0.5, 0.6) is 0 Å². The van der Waals surface area contributed by atoms with Crippen molar-refractivity contribution >= 4 is 58.5 Å². The average molecular weight is 491 g/mol. The Morgan fingerprint density at radius 3 is 2.88 bits per heavy atom. The second-order valence-electron chi connectivity index (χ2n) is 5.12. The van der Waals surface area contributed by atoms with Gasteiger partial charge in [0.05, 0.1) is 4.34 Å². The van der Waals surface area contributed by atoms with Crippen molar-refractivity contribution in [2.24, 2.45) is 4.99 Å². The fourth-order valence-corrected chi connectivity index (χ4v) is 3.37. The Labute approximate surface area is 172 Å². The zero-order valence-corrected chi connectivity index (χ0v) is 17.7. The summed E-state index contributed by atoms with van der Waals surface area (Å²) >= 11 is 7.56. The van der Waals surface area contributed by atoms with Crippen molar-refractivity contribution in [3.63, 3.8) is 0 Å². The van der Waals surface area contributed by atoms with E-state index in [1.807, 2.05) is 41.8 Å². The summed E-state index contributed by atoms with van der Waals surface area (Å²) in [6.07, 6.45) is 2.86. The summed E-state index contributed by atoms with van der Waals surface area (Å²) in [6.45, 7) is 4.11. The molecule has 0 bridgehead atoms. The summed E-state index contributed by atoms with van der Waals surface area (Å²) in [7, 11) is 0. The lowest BCUT2D eigenvalue weighted by Gasteiger charge is -2.10. The van der Waals surface area contributed by atoms with Gasteiger partial charge in [-0.1, -0.05) is 17.7 Å². The van der Waals surface area contributed by atoms with E-state index in [4.69, 9.17) is 11.6 Å². The van der Waals surface area contributed by atoms with Crippen LogP contribution in [0.1, 0.15) is 17.6 Å². The number of nitrogens with one attached hydrogen (secondary N) is 2. The molecule has 2 N–H and O–H groups in total. The summed E-state index contributed by atoms with van der Waals surface area (Å²) in [5, 5.41) is 14.9. The van der Waals surface area contributed by atoms with E-state index in [0.29, 0.717) is 6.54 Å². The van der Waals surface area contributed by atoms with Gasteiger partial charge in [-0.3, -0.25) is 4.40 Å². The van der Waals surface area contributed by atoms with Gasteiger partial charge >= 0.3 is 0 Å². The molecule has 0 saturated heterocycles. The van der Waals surface area contributed by atoms with Crippen LogP contribution in [-0.4, -0.2) is 33.6 Å². The second kappa shape index (κ2) is 9.93. The Hall–Kier alpha value is -1.39. The molecular weight excluding hydrogens is 471 g/mol. The number of thiophene rings is 1. The van der Waals surface area contributed by atoms with Crippen LogP contribution >= 0.6 is 46.9 Å². The molecule has 0 aromatic carbocycles. The predicted octanol–water partition coefficient (Wildman–Crippen LogP) is 3.36. The topological polar surface area (TPSA) is 66.6 Å². The number of hydrogen-bond acceptors (Lipinski definition) is 4. The highest BCUT2D eigenvalue weighted by Crippen LogP contribution is 2.21. The van der Waals surface area contributed by atoms with Crippen molar-refractivity contribution in [1.82, 2.24) is 25.2 Å². The number of hydrogen-bond donors (Lipinski definition) is 2. The van der Waals surface area contributed by atoms with E-state index < -0.39 is 0 Å². The van der Waals surface area contributed by atoms with Gasteiger partial charge in [0.2, 0.25) is 0 Å². The molecule has 6 nitrogen and oxygen atoms in total. The Balaban J connectivity index is 0.00000225. The molecule has 3 aromatic heterocycles. The highest BCUT2D eigenvalue weighted by Gasteiger charge is 2.05. The minimum Gasteiger partial charge on any atom is -0.357 e. The number of guanidine groups is 1. The molecular formula is C16H20ClIN6S. The lowest BCUT2D eigenvalue weighted by molar-refractivity contribution is 0.791. The van der Waals surface area contributed by atoms with E-state index in [0.717, 1.165) is 41.3 Å². The molecule has 3 heterocycles. The molecule has 0 spiro atoms. The monoisotopic (exact) mass is 490 g/mol. The van der Waals surface area contributed by atoms with Gasteiger partial charge in [-0.2, -0.15) is 0 Å². The van der Waals surface area contributed by atoms with Gasteiger partial charge in [0.1, 0.15) is 6.54 Å². The van der Waals surface area contributed by atoms with Crippen molar-refractivity contribution in [3.05, 3.63) is 51.6 Å². The first-order valence-electron chi connectivity index (χ1n) is 7.81. The van der Waals surface area contributed by atoms with Crippen molar-refractivity contribution in [2.45, 2.75) is 19.9 Å². The Morgan fingerprint density at radius 1 is 1.24 bits per heavy atom. The molecule has 3 aromatic rings. The third-order valence-electron chi connectivity index (χ3n) is 3.40. The molecule has 3 rings (SSSR count). The number of rotatable bonds is 6. The molecule has 25 heavy (non-hydrogen) atoms. The molecule has 0 aliphatic heterocycles. The van der Waals surface area contributed by atoms with E-state index in [1.165, 1.54) is 4.88 Å². The van der Waals surface area contributed by atoms with Crippen LogP contribution in [0, 0.1) is 0 Å². The molecule has 0 unspecified atom stereocenters. The van der Waals surface area contributed by atoms with Crippen molar-refractivity contribution in [3.8, 4) is 0 Å². The molecule has 0 atom stereocenters. The number of nitrogens with zero attached hydrogens (tertiary/aromatic N) is 4. The zero-order chi connectivity index (χ0) is 16.8. The third-order valence-corrected chi connectivity index (χ3v) is 4.69. The van der Waals surface area contributed by atoms with Crippen molar-refractivity contribution in [2.75, 3.05) is 13.1 Å². The first-order chi connectivity index (χ1) is 11.8. The van der Waals surface area contributed by atoms with E-state index >= 15 is 0 Å². The van der Waals surface area contributed by atoms with Gasteiger partial charge < -0.3 is 10.6 Å². The molecule has 0 amide bonds. The number of halogens is 2. The molecule has 0 fully saturated rings. The number of aliphatic imine (C=N–C) groups is 1. The van der Waals surface area contributed by atoms with Gasteiger partial charge in [0, 0.05) is 24.2 Å². The maximum absolute atomic E-state index is 5.95. The van der Waals surface area contributed by atoms with Crippen LogP contribution < -0.4 is 10.6 Å². The predicted molar refractivity (Wildman–Crippen MR) is 114 cm³/mol. The smallest absolute Gasteiger partial charge is 0.191 e. The molecule has 0 radical (unpaired) electrons. The van der Waals surface area contributed by atoms with Gasteiger partial charge in [0.15, 0.2) is 17.4 Å². The summed E-state index contributed by atoms with van der Waals surface area (Å²) in [5.74, 6) is 1.58. The summed E-state index contributed by atoms with van der Waals surface area (Å²) in [6, 6.07) is 9.81. The number of aromatic nitrogens is 3. The Bertz CT molecular complexity index is 831. The van der Waals surface area contributed by atoms with Gasteiger partial charge in [-0.05, 0) is 37.6 Å². The van der Waals surface area contributed by atoms with Crippen molar-refractivity contribution < 1.29 is 0 Å². The highest BCUT2D eigenvalue weighted by atomic mass is 127. The van der Waals surface area contributed by atoms with E-state index in [1.54, 1.807) is 11.3 Å². The standard InChI is InChI=1S/C16H19ClN6S.HI/c1-2-18-16(19-9-8-12-6-7-13(17)24-12)20-11-15-22-21-14-5-3-4-10-23(14)15;/h3-7,10H,2,8-9,11H2,1H3,(H2,18,19,20);1H. The van der Waals surface area contributed by atoms with Crippen LogP contribution in [0.15, 0.2) is 41.5 Å². The van der Waals surface area contributed by atoms with Crippen LogP contribution in [0.25, 0.3) is 5.65 Å². The molecule has 134 valence electrons. The fourth-order valence-electron chi connectivity index (χ4n) is 2.28. The highest BCUT2D eigenvalue weighted by molar-refractivity contribution is 14.0. The minimum atomic E-state index is 0. The van der Waals surface area contributed by atoms with Gasteiger partial charge in [0.25, 0.3) is 0 Å². The summed E-state index contributed by atoms with van der Waals surface area (Å²) in [5.41, 5.74) is 0.829. The van der Waals surface area contributed by atoms with E-state index in [2.05, 4.69) is 31.9 Å². The van der Waals surface area contributed by atoms with Crippen LogP contribution in [-0.2, 0) is 13.0 Å². The number of pyridine rings is 1. The first kappa shape index (κ1) is 19.9. The largest absolute Gasteiger partial charge is 0.357 e. The second-order valence-corrected chi connectivity index (χ2v) is 6.92. The third kappa shape index (κ3) is 5.55. The van der Waals surface area contributed by atoms with Crippen LogP contribution in [0.3, 0.4) is 0 Å². The van der Waals surface area contributed by atoms with E-state index in [-0.39, 0.29) is 24.0 Å². The van der Waals surface area contributed by atoms with Crippen LogP contribution in [0.4, 0.5) is 0 Å². The van der Waals surface area contributed by atoms with Crippen LogP contribution in [0.2, 0.25) is 4.34 Å². The Morgan fingerprint density at radius 2 is 2.12 bits per heavy atom. The Kier molecular flexibility index (Phi) is 7.91. The minimum absolute atomic E-state index is 0. The lowest BCUT2D eigenvalue weighted by atomic mass is 10.3. The van der Waals surface area contributed by atoms with Gasteiger partial charge in [-0.25, -0.2) is 4.99 Å². The normalized spacial score (nSPS) is 11.4. The molecule has 0 aliphatic rings. The zero-order valence-electron chi connectivity index (χ0n) is 13.8. The SMILES string of the molecule is CCNC(=NCc1nnc2ccccn12)NCCc1ccc(Cl)s1.I. The molecule has 0 saturated carbocycles. The molecule has 0 aliphatic carbocycles. The maximum Gasteiger partial charge on any atom is 0.191 e. The fraction of sp³-hybridized carbons (Fsp3) is 0.312.